The van der Waals surface area contributed by atoms with Crippen LogP contribution in [0.2, 0.25) is 5.02 Å². The van der Waals surface area contributed by atoms with E-state index in [2.05, 4.69) is 10.5 Å². The van der Waals surface area contributed by atoms with Gasteiger partial charge in [0.2, 0.25) is 5.91 Å². The molecule has 1 aromatic carbocycles. The van der Waals surface area contributed by atoms with Crippen molar-refractivity contribution in [1.29, 1.82) is 0 Å². The predicted octanol–water partition coefficient (Wildman–Crippen LogP) is 0.538. The minimum absolute atomic E-state index is 0.0862. The van der Waals surface area contributed by atoms with Crippen LogP contribution in [0.3, 0.4) is 0 Å². The van der Waals surface area contributed by atoms with Crippen LogP contribution in [0.4, 0.5) is 0 Å². The fraction of sp³-hybridized carbons (Fsp3) is 0.444. The molecule has 0 aromatic heterocycles. The van der Waals surface area contributed by atoms with E-state index in [0.717, 1.165) is 24.1 Å². The van der Waals surface area contributed by atoms with Gasteiger partial charge in [-0.2, -0.15) is 0 Å². The van der Waals surface area contributed by atoms with Crippen molar-refractivity contribution < 1.29 is 43.3 Å². The number of hydrogen-bond donors (Lipinski definition) is 5. The summed E-state index contributed by atoms with van der Waals surface area (Å²) in [5.41, 5.74) is -0.0913. The molecule has 4 atom stereocenters. The highest BCUT2D eigenvalue weighted by molar-refractivity contribution is 7.81. The van der Waals surface area contributed by atoms with E-state index >= 15 is 0 Å². The number of oxime groups is 1. The van der Waals surface area contributed by atoms with E-state index in [1.807, 2.05) is 0 Å². The van der Waals surface area contributed by atoms with Gasteiger partial charge in [0.15, 0.2) is 28.6 Å². The Bertz CT molecular complexity index is 973. The molecule has 1 heterocycles. The lowest BCUT2D eigenvalue weighted by Gasteiger charge is -2.46. The van der Waals surface area contributed by atoms with E-state index in [4.69, 9.17) is 16.4 Å². The second-order valence-corrected chi connectivity index (χ2v) is 8.90. The number of phenolic OH excluding ortho intramolecular Hbond substituents is 2. The lowest BCUT2D eigenvalue weighted by atomic mass is 9.92. The fourth-order valence-electron chi connectivity index (χ4n) is 3.07. The number of phenols is 2. The van der Waals surface area contributed by atoms with Crippen LogP contribution >= 0.6 is 11.6 Å². The molecule has 1 aromatic rings. The average Bonchev–Trinajstić information content (AvgIpc) is 2.72. The van der Waals surface area contributed by atoms with Crippen LogP contribution in [0.1, 0.15) is 30.6 Å². The number of carboxylic acids is 1. The Morgan fingerprint density at radius 2 is 2.12 bits per heavy atom. The van der Waals surface area contributed by atoms with Crippen molar-refractivity contribution in [1.82, 2.24) is 10.2 Å². The van der Waals surface area contributed by atoms with Gasteiger partial charge in [-0.3, -0.25) is 9.59 Å². The number of β-lactam (4-membered cyclic amide) rings is 1. The summed E-state index contributed by atoms with van der Waals surface area (Å²) >= 11 is 3.08. The van der Waals surface area contributed by atoms with Crippen LogP contribution in [0.15, 0.2) is 17.3 Å². The van der Waals surface area contributed by atoms with E-state index in [-0.39, 0.29) is 30.2 Å². The summed E-state index contributed by atoms with van der Waals surface area (Å²) in [5.74, 6) is -3.72. The van der Waals surface area contributed by atoms with Gasteiger partial charge in [-0.05, 0) is 26.0 Å². The van der Waals surface area contributed by atoms with E-state index in [1.165, 1.54) is 6.07 Å². The average molecular weight is 492 g/mol. The molecular weight excluding hydrogens is 470 g/mol. The van der Waals surface area contributed by atoms with Crippen LogP contribution < -0.4 is 5.32 Å². The molecule has 0 spiro atoms. The highest BCUT2D eigenvalue weighted by atomic mass is 35.5. The number of benzene rings is 1. The monoisotopic (exact) mass is 491 g/mol. The third-order valence-electron chi connectivity index (χ3n) is 4.87. The Morgan fingerprint density at radius 1 is 1.47 bits per heavy atom. The Labute approximate surface area is 190 Å². The molecule has 1 aliphatic rings. The summed E-state index contributed by atoms with van der Waals surface area (Å²) in [6.07, 6.45) is 0.977. The van der Waals surface area contributed by atoms with Crippen molar-refractivity contribution >= 4 is 46.7 Å². The number of hydrogen-bond acceptors (Lipinski definition) is 8. The number of nitrogens with one attached hydrogen (secondary N) is 1. The number of carbonyl (C=O) groups excluding carboxylic acids is 2. The lowest BCUT2D eigenvalue weighted by molar-refractivity contribution is -0.161. The zero-order valence-electron chi connectivity index (χ0n) is 17.0. The fourth-order valence-corrected chi connectivity index (χ4v) is 3.85. The minimum atomic E-state index is -2.72. The maximum absolute atomic E-state index is 12.1. The molecule has 5 N–H and O–H groups in total. The van der Waals surface area contributed by atoms with Crippen LogP contribution in [-0.2, 0) is 25.5 Å². The third kappa shape index (κ3) is 5.11. The molecule has 0 saturated carbocycles. The molecule has 1 aliphatic heterocycles. The summed E-state index contributed by atoms with van der Waals surface area (Å²) in [7, 11) is 0. The van der Waals surface area contributed by atoms with Crippen molar-refractivity contribution in [2.45, 2.75) is 37.1 Å². The van der Waals surface area contributed by atoms with Crippen LogP contribution in [-0.4, -0.2) is 83.0 Å². The topological polar surface area (TPSA) is 186 Å². The number of aromatic hydroxyl groups is 2. The summed E-state index contributed by atoms with van der Waals surface area (Å²) in [6.45, 7) is 2.49. The highest BCUT2D eigenvalue weighted by Crippen LogP contribution is 2.35. The van der Waals surface area contributed by atoms with Gasteiger partial charge in [0.1, 0.15) is 11.4 Å². The van der Waals surface area contributed by atoms with E-state index in [0.29, 0.717) is 0 Å². The number of nitrogens with zero attached hydrogens (tertiary/aromatic N) is 2. The van der Waals surface area contributed by atoms with E-state index < -0.39 is 57.2 Å². The molecule has 32 heavy (non-hydrogen) atoms. The maximum atomic E-state index is 12.1. The van der Waals surface area contributed by atoms with Crippen molar-refractivity contribution in [2.24, 2.45) is 5.16 Å². The van der Waals surface area contributed by atoms with Gasteiger partial charge in [0.05, 0.1) is 23.3 Å². The Morgan fingerprint density at radius 3 is 2.66 bits per heavy atom. The van der Waals surface area contributed by atoms with Gasteiger partial charge in [-0.15, -0.1) is 0 Å². The Balaban J connectivity index is 1.98. The largest absolute Gasteiger partial charge is 0.504 e. The van der Waals surface area contributed by atoms with Crippen molar-refractivity contribution in [2.75, 3.05) is 13.2 Å². The molecule has 12 nitrogen and oxygen atoms in total. The number of rotatable bonds is 10. The maximum Gasteiger partial charge on any atom is 0.328 e. The van der Waals surface area contributed by atoms with Crippen molar-refractivity contribution in [3.63, 3.8) is 0 Å². The molecular formula is C18H22ClN3O9S. The van der Waals surface area contributed by atoms with Crippen LogP contribution in [0, 0.1) is 0 Å². The smallest absolute Gasteiger partial charge is 0.328 e. The first-order valence-electron chi connectivity index (χ1n) is 9.21. The van der Waals surface area contributed by atoms with Crippen molar-refractivity contribution in [3.8, 4) is 11.5 Å². The van der Waals surface area contributed by atoms with Gasteiger partial charge in [0.25, 0.3) is 5.91 Å². The van der Waals surface area contributed by atoms with Gasteiger partial charge in [0, 0.05) is 12.5 Å². The summed E-state index contributed by atoms with van der Waals surface area (Å²) in [5, 5.41) is 34.1. The predicted molar refractivity (Wildman–Crippen MR) is 113 cm³/mol. The van der Waals surface area contributed by atoms with Gasteiger partial charge in [-0.1, -0.05) is 16.8 Å². The lowest BCUT2D eigenvalue weighted by Crippen LogP contribution is -2.67. The molecule has 1 unspecified atom stereocenters. The van der Waals surface area contributed by atoms with E-state index in [1.54, 1.807) is 6.92 Å². The van der Waals surface area contributed by atoms with Gasteiger partial charge < -0.3 is 34.9 Å². The Hall–Kier alpha value is -2.90. The first-order valence-corrected chi connectivity index (χ1v) is 10.7. The number of aliphatic carboxylic acids is 1. The molecule has 0 radical (unpaired) electrons. The zero-order chi connectivity index (χ0) is 24.2. The molecule has 2 rings (SSSR count). The van der Waals surface area contributed by atoms with Gasteiger partial charge in [-0.25, -0.2) is 9.00 Å². The normalized spacial score (nSPS) is 19.7. The summed E-state index contributed by atoms with van der Waals surface area (Å²) in [6, 6.07) is 0.246. The number of carboxylic acid groups (broad SMARTS) is 1. The van der Waals surface area contributed by atoms with Crippen LogP contribution in [0.5, 0.6) is 11.5 Å². The number of halogens is 1. The number of amides is 2. The van der Waals surface area contributed by atoms with Gasteiger partial charge >= 0.3 is 5.97 Å². The SMILES string of the molecule is C[C@@H]1CC(=O)N1[C@@H](C(=O)O)[C@](C)(/C=N/OCCNC(=O)c1ccc(O)c(O)c1Cl)S(=O)O. The molecule has 2 amide bonds. The van der Waals surface area contributed by atoms with E-state index in [9.17, 15) is 38.5 Å². The van der Waals surface area contributed by atoms with Crippen molar-refractivity contribution in [3.05, 3.63) is 22.7 Å². The highest BCUT2D eigenvalue weighted by Gasteiger charge is 2.53. The third-order valence-corrected chi connectivity index (χ3v) is 6.33. The molecule has 14 heteroatoms. The number of likely N-dealkylation sites (tertiary alicyclic amines) is 1. The number of carbonyl (C=O) groups is 3. The molecule has 0 aliphatic carbocycles. The zero-order valence-corrected chi connectivity index (χ0v) is 18.6. The minimum Gasteiger partial charge on any atom is -0.504 e. The van der Waals surface area contributed by atoms with Crippen LogP contribution in [0.25, 0.3) is 0 Å². The molecule has 1 saturated heterocycles. The molecule has 1 fully saturated rings. The second-order valence-electron chi connectivity index (χ2n) is 7.15. The standard InChI is InChI=1S/C18H22ClN3O9S/c1-9-7-12(24)22(9)15(17(27)28)18(2,32(29)30)8-21-31-6-5-20-16(26)10-3-4-11(23)14(25)13(10)19/h3-4,8-9,15,23,25H,5-7H2,1-2H3,(H,20,26)(H,27,28)(H,29,30)/b21-8+/t9-,15+,18+/m1/s1. The molecule has 176 valence electrons. The summed E-state index contributed by atoms with van der Waals surface area (Å²) in [4.78, 5) is 41.7. The first-order chi connectivity index (χ1) is 14.9. The Kier molecular flexibility index (Phi) is 8.04. The quantitative estimate of drug-likeness (QED) is 0.0777. The second kappa shape index (κ2) is 10.1. The first kappa shape index (κ1) is 25.4. The summed E-state index contributed by atoms with van der Waals surface area (Å²) < 4.78 is 19.7. The molecule has 0 bridgehead atoms.